The van der Waals surface area contributed by atoms with E-state index in [0.29, 0.717) is 50.3 Å². The number of nitrogens with zero attached hydrogens (tertiary/aromatic N) is 1. The molecule has 174 valence electrons. The van der Waals surface area contributed by atoms with Crippen LogP contribution in [0.4, 0.5) is 4.79 Å². The maximum absolute atomic E-state index is 13.4. The summed E-state index contributed by atoms with van der Waals surface area (Å²) in [5.41, 5.74) is -0.243. The third-order valence-electron chi connectivity index (χ3n) is 8.12. The van der Waals surface area contributed by atoms with Gasteiger partial charge < -0.3 is 20.3 Å². The fraction of sp³-hybridized carbons (Fsp3) is 0.875. The minimum atomic E-state index is -0.511. The predicted molar refractivity (Wildman–Crippen MR) is 117 cm³/mol. The van der Waals surface area contributed by atoms with E-state index in [9.17, 15) is 14.4 Å². The molecular weight excluding hydrogens is 394 g/mol. The Morgan fingerprint density at radius 3 is 2.03 bits per heavy atom. The number of amides is 3. The summed E-state index contributed by atoms with van der Waals surface area (Å²) in [4.78, 5) is 40.1. The van der Waals surface area contributed by atoms with E-state index in [0.717, 1.165) is 19.3 Å². The standard InChI is InChI=1S/C24H39N3O4/c1-4-31-23(30)27-7-5-19(6-8-27)25-21(28)20(15(2)3)26-22(29)24-12-16-9-17(13-24)11-18(10-16)14-24/h15-20H,4-14H2,1-3H3,(H,25,28)(H,26,29)/t16?,17?,18?,20-,24?/m0/s1. The molecular formula is C24H39N3O4. The van der Waals surface area contributed by atoms with E-state index in [-0.39, 0.29) is 35.3 Å². The first-order valence-corrected chi connectivity index (χ1v) is 12.3. The molecule has 0 spiro atoms. The first-order valence-electron chi connectivity index (χ1n) is 12.3. The molecule has 1 aliphatic heterocycles. The summed E-state index contributed by atoms with van der Waals surface area (Å²) >= 11 is 0. The quantitative estimate of drug-likeness (QED) is 0.674. The molecule has 1 heterocycles. The summed E-state index contributed by atoms with van der Waals surface area (Å²) in [5.74, 6) is 2.14. The molecule has 5 fully saturated rings. The van der Waals surface area contributed by atoms with Gasteiger partial charge in [-0.2, -0.15) is 0 Å². The molecule has 0 aromatic rings. The van der Waals surface area contributed by atoms with Crippen molar-refractivity contribution in [3.8, 4) is 0 Å². The fourth-order valence-corrected chi connectivity index (χ4v) is 6.93. The SMILES string of the molecule is CCOC(=O)N1CCC(NC(=O)[C@@H](NC(=O)C23CC4CC(CC(C4)C2)C3)C(C)C)CC1. The van der Waals surface area contributed by atoms with E-state index in [1.807, 2.05) is 13.8 Å². The molecule has 31 heavy (non-hydrogen) atoms. The van der Waals surface area contributed by atoms with E-state index < -0.39 is 6.04 Å². The topological polar surface area (TPSA) is 87.7 Å². The van der Waals surface area contributed by atoms with Crippen LogP contribution in [0.3, 0.4) is 0 Å². The maximum atomic E-state index is 13.4. The van der Waals surface area contributed by atoms with Gasteiger partial charge in [-0.25, -0.2) is 4.79 Å². The van der Waals surface area contributed by atoms with Crippen LogP contribution >= 0.6 is 0 Å². The minimum Gasteiger partial charge on any atom is -0.450 e. The van der Waals surface area contributed by atoms with Gasteiger partial charge in [0.15, 0.2) is 0 Å². The van der Waals surface area contributed by atoms with E-state index in [2.05, 4.69) is 10.6 Å². The molecule has 4 saturated carbocycles. The number of hydrogen-bond donors (Lipinski definition) is 2. The highest BCUT2D eigenvalue weighted by Crippen LogP contribution is 2.60. The summed E-state index contributed by atoms with van der Waals surface area (Å²) < 4.78 is 5.06. The van der Waals surface area contributed by atoms with Crippen molar-refractivity contribution < 1.29 is 19.1 Å². The van der Waals surface area contributed by atoms with Crippen LogP contribution < -0.4 is 10.6 Å². The number of likely N-dealkylation sites (tertiary alicyclic amines) is 1. The number of ether oxygens (including phenoxy) is 1. The van der Waals surface area contributed by atoms with Crippen LogP contribution in [-0.2, 0) is 14.3 Å². The third-order valence-corrected chi connectivity index (χ3v) is 8.12. The molecule has 0 aromatic carbocycles. The second-order valence-electron chi connectivity index (χ2n) is 10.9. The smallest absolute Gasteiger partial charge is 0.409 e. The highest BCUT2D eigenvalue weighted by molar-refractivity contribution is 5.90. The van der Waals surface area contributed by atoms with E-state index in [1.54, 1.807) is 11.8 Å². The molecule has 7 nitrogen and oxygen atoms in total. The van der Waals surface area contributed by atoms with Crippen LogP contribution in [0.5, 0.6) is 0 Å². The van der Waals surface area contributed by atoms with Crippen molar-refractivity contribution in [3.05, 3.63) is 0 Å². The van der Waals surface area contributed by atoms with Gasteiger partial charge in [-0.1, -0.05) is 13.8 Å². The Balaban J connectivity index is 1.32. The molecule has 0 unspecified atom stereocenters. The third kappa shape index (κ3) is 4.70. The summed E-state index contributed by atoms with van der Waals surface area (Å²) in [6.07, 6.45) is 8.03. The summed E-state index contributed by atoms with van der Waals surface area (Å²) in [6.45, 7) is 7.32. The van der Waals surface area contributed by atoms with Crippen LogP contribution in [0.25, 0.3) is 0 Å². The number of nitrogens with one attached hydrogen (secondary N) is 2. The zero-order chi connectivity index (χ0) is 22.2. The summed E-state index contributed by atoms with van der Waals surface area (Å²) in [5, 5.41) is 6.31. The second-order valence-corrected chi connectivity index (χ2v) is 10.9. The largest absolute Gasteiger partial charge is 0.450 e. The first kappa shape index (κ1) is 22.4. The zero-order valence-electron chi connectivity index (χ0n) is 19.3. The lowest BCUT2D eigenvalue weighted by molar-refractivity contribution is -0.149. The summed E-state index contributed by atoms with van der Waals surface area (Å²) in [7, 11) is 0. The Morgan fingerprint density at radius 2 is 1.55 bits per heavy atom. The lowest BCUT2D eigenvalue weighted by Crippen LogP contribution is -2.59. The Kier molecular flexibility index (Phi) is 6.50. The Labute approximate surface area is 186 Å². The van der Waals surface area contributed by atoms with Crippen LogP contribution in [0.1, 0.15) is 72.1 Å². The van der Waals surface area contributed by atoms with Crippen LogP contribution in [0.15, 0.2) is 0 Å². The van der Waals surface area contributed by atoms with Crippen molar-refractivity contribution in [1.82, 2.24) is 15.5 Å². The zero-order valence-corrected chi connectivity index (χ0v) is 19.3. The predicted octanol–water partition coefficient (Wildman–Crippen LogP) is 3.08. The van der Waals surface area contributed by atoms with Gasteiger partial charge in [-0.05, 0) is 82.0 Å². The Hall–Kier alpha value is -1.79. The molecule has 4 aliphatic carbocycles. The molecule has 1 atom stereocenters. The molecule has 3 amide bonds. The van der Waals surface area contributed by atoms with Crippen molar-refractivity contribution in [2.24, 2.45) is 29.1 Å². The molecule has 2 N–H and O–H groups in total. The molecule has 5 aliphatic rings. The molecule has 7 heteroatoms. The fourth-order valence-electron chi connectivity index (χ4n) is 6.93. The highest BCUT2D eigenvalue weighted by atomic mass is 16.6. The van der Waals surface area contributed by atoms with E-state index in [4.69, 9.17) is 4.74 Å². The van der Waals surface area contributed by atoms with Gasteiger partial charge in [0.2, 0.25) is 11.8 Å². The van der Waals surface area contributed by atoms with Gasteiger partial charge in [0.25, 0.3) is 0 Å². The maximum Gasteiger partial charge on any atom is 0.409 e. The van der Waals surface area contributed by atoms with Crippen LogP contribution in [-0.4, -0.2) is 54.6 Å². The van der Waals surface area contributed by atoms with Crippen molar-refractivity contribution in [1.29, 1.82) is 0 Å². The van der Waals surface area contributed by atoms with Gasteiger partial charge in [-0.15, -0.1) is 0 Å². The average molecular weight is 434 g/mol. The van der Waals surface area contributed by atoms with Crippen LogP contribution in [0, 0.1) is 29.1 Å². The minimum absolute atomic E-state index is 0.0240. The highest BCUT2D eigenvalue weighted by Gasteiger charge is 2.55. The number of hydrogen-bond acceptors (Lipinski definition) is 4. The monoisotopic (exact) mass is 433 g/mol. The normalized spacial score (nSPS) is 33.3. The number of carbonyl (C=O) groups is 3. The van der Waals surface area contributed by atoms with Crippen LogP contribution in [0.2, 0.25) is 0 Å². The van der Waals surface area contributed by atoms with Gasteiger partial charge in [-0.3, -0.25) is 9.59 Å². The van der Waals surface area contributed by atoms with Crippen molar-refractivity contribution in [2.45, 2.75) is 84.2 Å². The lowest BCUT2D eigenvalue weighted by atomic mass is 9.49. The molecule has 1 saturated heterocycles. The molecule has 4 bridgehead atoms. The molecule has 5 rings (SSSR count). The van der Waals surface area contributed by atoms with Crippen molar-refractivity contribution >= 4 is 17.9 Å². The second kappa shape index (κ2) is 8.99. The Morgan fingerprint density at radius 1 is 1.00 bits per heavy atom. The van der Waals surface area contributed by atoms with E-state index >= 15 is 0 Å². The number of rotatable bonds is 6. The lowest BCUT2D eigenvalue weighted by Gasteiger charge is -2.55. The van der Waals surface area contributed by atoms with Gasteiger partial charge in [0, 0.05) is 24.5 Å². The van der Waals surface area contributed by atoms with Gasteiger partial charge in [0.1, 0.15) is 6.04 Å². The van der Waals surface area contributed by atoms with Gasteiger partial charge >= 0.3 is 6.09 Å². The van der Waals surface area contributed by atoms with E-state index in [1.165, 1.54) is 19.3 Å². The first-order chi connectivity index (χ1) is 14.8. The van der Waals surface area contributed by atoms with Gasteiger partial charge in [0.05, 0.1) is 6.61 Å². The summed E-state index contributed by atoms with van der Waals surface area (Å²) in [6, 6.07) is -0.487. The average Bonchev–Trinajstić information content (AvgIpc) is 2.71. The number of piperidine rings is 1. The molecule has 0 radical (unpaired) electrons. The Bertz CT molecular complexity index is 664. The van der Waals surface area contributed by atoms with Crippen molar-refractivity contribution in [3.63, 3.8) is 0 Å². The number of carbonyl (C=O) groups excluding carboxylic acids is 3. The van der Waals surface area contributed by atoms with Crippen molar-refractivity contribution in [2.75, 3.05) is 19.7 Å². The molecule has 0 aromatic heterocycles.